The maximum atomic E-state index is 5.62. The van der Waals surface area contributed by atoms with E-state index in [2.05, 4.69) is 26.0 Å². The van der Waals surface area contributed by atoms with Crippen LogP contribution in [0.4, 0.5) is 0 Å². The van der Waals surface area contributed by atoms with Crippen LogP contribution in [0.3, 0.4) is 0 Å². The topological polar surface area (TPSA) is 27.7 Å². The van der Waals surface area contributed by atoms with Gasteiger partial charge in [0.25, 0.3) is 0 Å². The third kappa shape index (κ3) is 2.56. The maximum Gasteiger partial charge on any atom is 0.164 e. The van der Waals surface area contributed by atoms with E-state index in [-0.39, 0.29) is 0 Å². The van der Waals surface area contributed by atoms with Crippen molar-refractivity contribution in [1.82, 2.24) is 0 Å². The highest BCUT2D eigenvalue weighted by atomic mass is 16.5. The van der Waals surface area contributed by atoms with E-state index >= 15 is 0 Å². The molecule has 0 heterocycles. The van der Waals surface area contributed by atoms with Gasteiger partial charge in [-0.1, -0.05) is 18.2 Å². The number of rotatable bonds is 4. The van der Waals surface area contributed by atoms with Gasteiger partial charge in [0, 0.05) is 11.1 Å². The van der Waals surface area contributed by atoms with Crippen molar-refractivity contribution in [2.45, 2.75) is 20.8 Å². The quantitative estimate of drug-likeness (QED) is 0.838. The first-order chi connectivity index (χ1) is 10.0. The largest absolute Gasteiger partial charge is 0.496 e. The van der Waals surface area contributed by atoms with E-state index in [4.69, 9.17) is 14.2 Å². The Labute approximate surface area is 126 Å². The molecule has 2 rings (SSSR count). The SMILES string of the molecule is COc1ccc(-c2ccc(C)c(C)c2OC)c(C)c1OC. The van der Waals surface area contributed by atoms with E-state index in [1.54, 1.807) is 21.3 Å². The first-order valence-corrected chi connectivity index (χ1v) is 6.91. The highest BCUT2D eigenvalue weighted by Gasteiger charge is 2.17. The van der Waals surface area contributed by atoms with E-state index in [0.717, 1.165) is 39.5 Å². The molecular weight excluding hydrogens is 264 g/mol. The van der Waals surface area contributed by atoms with Crippen LogP contribution in [0.2, 0.25) is 0 Å². The van der Waals surface area contributed by atoms with Crippen molar-refractivity contribution in [3.8, 4) is 28.4 Å². The number of methoxy groups -OCH3 is 3. The van der Waals surface area contributed by atoms with Crippen LogP contribution < -0.4 is 14.2 Å². The predicted octanol–water partition coefficient (Wildman–Crippen LogP) is 4.30. The lowest BCUT2D eigenvalue weighted by Gasteiger charge is -2.18. The van der Waals surface area contributed by atoms with Crippen LogP contribution in [0.1, 0.15) is 16.7 Å². The van der Waals surface area contributed by atoms with Gasteiger partial charge in [0.15, 0.2) is 11.5 Å². The number of aryl methyl sites for hydroxylation is 1. The van der Waals surface area contributed by atoms with E-state index < -0.39 is 0 Å². The molecule has 0 radical (unpaired) electrons. The number of ether oxygens (including phenoxy) is 3. The minimum Gasteiger partial charge on any atom is -0.496 e. The standard InChI is InChI=1S/C18H22O3/c1-11-7-8-15(17(20-5)12(11)2)14-9-10-16(19-4)18(21-6)13(14)3/h7-10H,1-6H3. The molecule has 0 atom stereocenters. The Balaban J connectivity index is 2.71. The minimum atomic E-state index is 0.738. The molecule has 0 bridgehead atoms. The molecule has 0 fully saturated rings. The van der Waals surface area contributed by atoms with Crippen LogP contribution in [0.5, 0.6) is 17.2 Å². The molecule has 112 valence electrons. The van der Waals surface area contributed by atoms with Crippen LogP contribution in [-0.2, 0) is 0 Å². The van der Waals surface area contributed by atoms with E-state index in [1.807, 2.05) is 19.1 Å². The third-order valence-corrected chi connectivity index (χ3v) is 3.96. The Morgan fingerprint density at radius 1 is 0.619 bits per heavy atom. The van der Waals surface area contributed by atoms with Crippen molar-refractivity contribution in [3.63, 3.8) is 0 Å². The van der Waals surface area contributed by atoms with Crippen LogP contribution in [-0.4, -0.2) is 21.3 Å². The van der Waals surface area contributed by atoms with Crippen LogP contribution in [0, 0.1) is 20.8 Å². The maximum absolute atomic E-state index is 5.62. The Bertz CT molecular complexity index is 660. The van der Waals surface area contributed by atoms with Crippen LogP contribution in [0.25, 0.3) is 11.1 Å². The van der Waals surface area contributed by atoms with Gasteiger partial charge in [0.1, 0.15) is 5.75 Å². The smallest absolute Gasteiger partial charge is 0.164 e. The van der Waals surface area contributed by atoms with Gasteiger partial charge in [-0.2, -0.15) is 0 Å². The lowest BCUT2D eigenvalue weighted by Crippen LogP contribution is -1.98. The summed E-state index contributed by atoms with van der Waals surface area (Å²) < 4.78 is 16.5. The molecular formula is C18H22O3. The van der Waals surface area contributed by atoms with Crippen molar-refractivity contribution < 1.29 is 14.2 Å². The second-order valence-electron chi connectivity index (χ2n) is 5.06. The van der Waals surface area contributed by atoms with E-state index in [1.165, 1.54) is 5.56 Å². The third-order valence-electron chi connectivity index (χ3n) is 3.96. The molecule has 0 saturated heterocycles. The molecule has 0 saturated carbocycles. The Morgan fingerprint density at radius 2 is 1.24 bits per heavy atom. The molecule has 2 aromatic carbocycles. The fourth-order valence-electron chi connectivity index (χ4n) is 2.64. The fraction of sp³-hybridized carbons (Fsp3) is 0.333. The highest BCUT2D eigenvalue weighted by Crippen LogP contribution is 2.41. The normalized spacial score (nSPS) is 10.4. The molecule has 0 amide bonds. The molecule has 3 heteroatoms. The molecule has 2 aromatic rings. The second-order valence-corrected chi connectivity index (χ2v) is 5.06. The lowest BCUT2D eigenvalue weighted by molar-refractivity contribution is 0.353. The summed E-state index contributed by atoms with van der Waals surface area (Å²) in [6, 6.07) is 8.18. The van der Waals surface area contributed by atoms with Crippen LogP contribution in [0.15, 0.2) is 24.3 Å². The summed E-state index contributed by atoms with van der Waals surface area (Å²) in [6.45, 7) is 6.20. The number of hydrogen-bond donors (Lipinski definition) is 0. The van der Waals surface area contributed by atoms with Crippen molar-refractivity contribution in [2.24, 2.45) is 0 Å². The highest BCUT2D eigenvalue weighted by molar-refractivity contribution is 5.78. The fourth-order valence-corrected chi connectivity index (χ4v) is 2.64. The zero-order valence-corrected chi connectivity index (χ0v) is 13.5. The molecule has 0 aromatic heterocycles. The van der Waals surface area contributed by atoms with Gasteiger partial charge in [0.05, 0.1) is 21.3 Å². The van der Waals surface area contributed by atoms with Crippen molar-refractivity contribution in [1.29, 1.82) is 0 Å². The lowest BCUT2D eigenvalue weighted by atomic mass is 9.95. The monoisotopic (exact) mass is 286 g/mol. The molecule has 0 spiro atoms. The zero-order valence-electron chi connectivity index (χ0n) is 13.5. The van der Waals surface area contributed by atoms with Crippen molar-refractivity contribution >= 4 is 0 Å². The first-order valence-electron chi connectivity index (χ1n) is 6.91. The van der Waals surface area contributed by atoms with Gasteiger partial charge in [-0.25, -0.2) is 0 Å². The summed E-state index contributed by atoms with van der Waals surface area (Å²) in [7, 11) is 5.02. The van der Waals surface area contributed by atoms with Crippen molar-refractivity contribution in [3.05, 3.63) is 41.0 Å². The molecule has 21 heavy (non-hydrogen) atoms. The summed E-state index contributed by atoms with van der Waals surface area (Å²) >= 11 is 0. The van der Waals surface area contributed by atoms with Gasteiger partial charge in [-0.05, 0) is 43.5 Å². The minimum absolute atomic E-state index is 0.738. The molecule has 0 N–H and O–H groups in total. The summed E-state index contributed by atoms with van der Waals surface area (Å²) in [5.74, 6) is 2.40. The molecule has 0 aliphatic heterocycles. The predicted molar refractivity (Wildman–Crippen MR) is 85.7 cm³/mol. The molecule has 0 unspecified atom stereocenters. The molecule has 3 nitrogen and oxygen atoms in total. The average molecular weight is 286 g/mol. The second kappa shape index (κ2) is 6.08. The number of hydrogen-bond acceptors (Lipinski definition) is 3. The van der Waals surface area contributed by atoms with Crippen LogP contribution >= 0.6 is 0 Å². The zero-order chi connectivity index (χ0) is 15.6. The van der Waals surface area contributed by atoms with Gasteiger partial charge in [-0.15, -0.1) is 0 Å². The van der Waals surface area contributed by atoms with Gasteiger partial charge >= 0.3 is 0 Å². The first kappa shape index (κ1) is 15.2. The Kier molecular flexibility index (Phi) is 4.41. The molecule has 0 aliphatic carbocycles. The summed E-state index contributed by atoms with van der Waals surface area (Å²) in [5, 5.41) is 0. The van der Waals surface area contributed by atoms with E-state index in [9.17, 15) is 0 Å². The summed E-state index contributed by atoms with van der Waals surface area (Å²) in [6.07, 6.45) is 0. The molecule has 0 aliphatic rings. The number of benzene rings is 2. The van der Waals surface area contributed by atoms with Gasteiger partial charge < -0.3 is 14.2 Å². The van der Waals surface area contributed by atoms with E-state index in [0.29, 0.717) is 0 Å². The van der Waals surface area contributed by atoms with Crippen molar-refractivity contribution in [2.75, 3.05) is 21.3 Å². The Hall–Kier alpha value is -2.16. The van der Waals surface area contributed by atoms with Gasteiger partial charge in [-0.3, -0.25) is 0 Å². The Morgan fingerprint density at radius 3 is 1.81 bits per heavy atom. The average Bonchev–Trinajstić information content (AvgIpc) is 2.49. The summed E-state index contributed by atoms with van der Waals surface area (Å²) in [4.78, 5) is 0. The summed E-state index contributed by atoms with van der Waals surface area (Å²) in [5.41, 5.74) is 5.57. The van der Waals surface area contributed by atoms with Gasteiger partial charge in [0.2, 0.25) is 0 Å².